The molecule has 0 aliphatic rings. The molecule has 0 aliphatic carbocycles. The molecule has 0 aromatic carbocycles. The number of aromatic nitrogens is 2. The van der Waals surface area contributed by atoms with Crippen LogP contribution in [-0.4, -0.2) is 16.5 Å². The molecule has 0 saturated carbocycles. The van der Waals surface area contributed by atoms with Crippen molar-refractivity contribution in [1.29, 1.82) is 0 Å². The van der Waals surface area contributed by atoms with Crippen LogP contribution in [0.1, 0.15) is 36.1 Å². The SMILES string of the molecule is CCCNC(c1cccnc1)c1ccncc1C. The van der Waals surface area contributed by atoms with Gasteiger partial charge in [0.25, 0.3) is 0 Å². The highest BCUT2D eigenvalue weighted by atomic mass is 14.9. The average molecular weight is 241 g/mol. The maximum absolute atomic E-state index is 4.21. The molecule has 3 nitrogen and oxygen atoms in total. The van der Waals surface area contributed by atoms with Gasteiger partial charge in [-0.1, -0.05) is 13.0 Å². The molecule has 1 atom stereocenters. The molecular weight excluding hydrogens is 222 g/mol. The van der Waals surface area contributed by atoms with Crippen LogP contribution in [0.25, 0.3) is 0 Å². The highest BCUT2D eigenvalue weighted by molar-refractivity contribution is 5.33. The van der Waals surface area contributed by atoms with E-state index in [2.05, 4.69) is 41.3 Å². The Morgan fingerprint density at radius 2 is 2.00 bits per heavy atom. The lowest BCUT2D eigenvalue weighted by Gasteiger charge is -2.20. The van der Waals surface area contributed by atoms with Crippen LogP contribution in [0.2, 0.25) is 0 Å². The standard InChI is InChI=1S/C15H19N3/c1-3-7-18-15(13-5-4-8-16-11-13)14-6-9-17-10-12(14)2/h4-6,8-11,15,18H,3,7H2,1-2H3. The van der Waals surface area contributed by atoms with Crippen molar-refractivity contribution in [1.82, 2.24) is 15.3 Å². The van der Waals surface area contributed by atoms with Crippen molar-refractivity contribution in [3.8, 4) is 0 Å². The highest BCUT2D eigenvalue weighted by Crippen LogP contribution is 2.23. The van der Waals surface area contributed by atoms with Crippen LogP contribution in [0, 0.1) is 6.92 Å². The topological polar surface area (TPSA) is 37.8 Å². The zero-order chi connectivity index (χ0) is 12.8. The van der Waals surface area contributed by atoms with Gasteiger partial charge in [0.2, 0.25) is 0 Å². The van der Waals surface area contributed by atoms with Gasteiger partial charge in [-0.2, -0.15) is 0 Å². The van der Waals surface area contributed by atoms with Crippen LogP contribution < -0.4 is 5.32 Å². The van der Waals surface area contributed by atoms with E-state index in [1.807, 2.05) is 24.7 Å². The van der Waals surface area contributed by atoms with Crippen LogP contribution >= 0.6 is 0 Å². The third-order valence-electron chi connectivity index (χ3n) is 2.99. The molecule has 2 rings (SSSR count). The molecule has 3 heteroatoms. The predicted molar refractivity (Wildman–Crippen MR) is 73.3 cm³/mol. The van der Waals surface area contributed by atoms with E-state index in [-0.39, 0.29) is 6.04 Å². The Morgan fingerprint density at radius 1 is 1.17 bits per heavy atom. The molecule has 2 aromatic rings. The van der Waals surface area contributed by atoms with Crippen LogP contribution in [0.15, 0.2) is 43.0 Å². The van der Waals surface area contributed by atoms with Crippen molar-refractivity contribution < 1.29 is 0 Å². The van der Waals surface area contributed by atoms with Gasteiger partial charge in [0.1, 0.15) is 0 Å². The minimum atomic E-state index is 0.196. The van der Waals surface area contributed by atoms with Gasteiger partial charge in [0.15, 0.2) is 0 Å². The van der Waals surface area contributed by atoms with Gasteiger partial charge < -0.3 is 5.32 Å². The highest BCUT2D eigenvalue weighted by Gasteiger charge is 2.15. The Hall–Kier alpha value is -1.74. The molecular formula is C15H19N3. The maximum atomic E-state index is 4.21. The predicted octanol–water partition coefficient (Wildman–Crippen LogP) is 2.87. The lowest BCUT2D eigenvalue weighted by Crippen LogP contribution is -2.24. The first-order valence-electron chi connectivity index (χ1n) is 6.36. The summed E-state index contributed by atoms with van der Waals surface area (Å²) in [5.74, 6) is 0. The monoisotopic (exact) mass is 241 g/mol. The fraction of sp³-hybridized carbons (Fsp3) is 0.333. The lowest BCUT2D eigenvalue weighted by molar-refractivity contribution is 0.594. The van der Waals surface area contributed by atoms with Crippen molar-refractivity contribution >= 4 is 0 Å². The first-order chi connectivity index (χ1) is 8.83. The summed E-state index contributed by atoms with van der Waals surface area (Å²) in [4.78, 5) is 8.37. The second kappa shape index (κ2) is 6.26. The normalized spacial score (nSPS) is 12.3. The second-order valence-corrected chi connectivity index (χ2v) is 4.41. The van der Waals surface area contributed by atoms with Gasteiger partial charge in [-0.05, 0) is 48.7 Å². The summed E-state index contributed by atoms with van der Waals surface area (Å²) in [6.45, 7) is 5.26. The van der Waals surface area contributed by atoms with Crippen LogP contribution in [0.3, 0.4) is 0 Å². The number of rotatable bonds is 5. The Morgan fingerprint density at radius 3 is 2.67 bits per heavy atom. The quantitative estimate of drug-likeness (QED) is 0.874. The number of nitrogens with one attached hydrogen (secondary N) is 1. The molecule has 0 aliphatic heterocycles. The molecule has 0 spiro atoms. The van der Waals surface area contributed by atoms with Gasteiger partial charge in [0.05, 0.1) is 6.04 Å². The third kappa shape index (κ3) is 2.93. The molecule has 18 heavy (non-hydrogen) atoms. The number of nitrogens with zero attached hydrogens (tertiary/aromatic N) is 2. The fourth-order valence-electron chi connectivity index (χ4n) is 2.05. The van der Waals surface area contributed by atoms with Gasteiger partial charge in [-0.3, -0.25) is 9.97 Å². The van der Waals surface area contributed by atoms with Crippen molar-refractivity contribution in [2.75, 3.05) is 6.54 Å². The summed E-state index contributed by atoms with van der Waals surface area (Å²) in [5.41, 5.74) is 3.67. The first-order valence-corrected chi connectivity index (χ1v) is 6.36. The number of hydrogen-bond donors (Lipinski definition) is 1. The zero-order valence-electron chi connectivity index (χ0n) is 10.9. The Kier molecular flexibility index (Phi) is 4.42. The average Bonchev–Trinajstić information content (AvgIpc) is 2.42. The molecule has 0 fully saturated rings. The van der Waals surface area contributed by atoms with E-state index in [9.17, 15) is 0 Å². The van der Waals surface area contributed by atoms with Gasteiger partial charge in [-0.25, -0.2) is 0 Å². The molecule has 0 radical (unpaired) electrons. The van der Waals surface area contributed by atoms with Crippen LogP contribution in [0.4, 0.5) is 0 Å². The number of aryl methyl sites for hydroxylation is 1. The van der Waals surface area contributed by atoms with Crippen LogP contribution in [0.5, 0.6) is 0 Å². The summed E-state index contributed by atoms with van der Waals surface area (Å²) in [6.07, 6.45) is 8.60. The van der Waals surface area contributed by atoms with Crippen molar-refractivity contribution in [3.63, 3.8) is 0 Å². The smallest absolute Gasteiger partial charge is 0.0595 e. The third-order valence-corrected chi connectivity index (χ3v) is 2.99. The summed E-state index contributed by atoms with van der Waals surface area (Å²) in [6, 6.07) is 6.36. The number of pyridine rings is 2. The maximum Gasteiger partial charge on any atom is 0.0595 e. The molecule has 1 N–H and O–H groups in total. The van der Waals surface area contributed by atoms with E-state index in [4.69, 9.17) is 0 Å². The molecule has 1 unspecified atom stereocenters. The summed E-state index contributed by atoms with van der Waals surface area (Å²) < 4.78 is 0. The molecule has 2 aromatic heterocycles. The Balaban J connectivity index is 2.34. The second-order valence-electron chi connectivity index (χ2n) is 4.41. The van der Waals surface area contributed by atoms with Gasteiger partial charge >= 0.3 is 0 Å². The van der Waals surface area contributed by atoms with E-state index in [1.54, 1.807) is 6.20 Å². The molecule has 94 valence electrons. The number of hydrogen-bond acceptors (Lipinski definition) is 3. The fourth-order valence-corrected chi connectivity index (χ4v) is 2.05. The summed E-state index contributed by atoms with van der Waals surface area (Å²) in [7, 11) is 0. The first kappa shape index (κ1) is 12.7. The largest absolute Gasteiger partial charge is 0.306 e. The van der Waals surface area contributed by atoms with Crippen molar-refractivity contribution in [2.45, 2.75) is 26.3 Å². The Bertz CT molecular complexity index is 482. The van der Waals surface area contributed by atoms with Gasteiger partial charge in [-0.15, -0.1) is 0 Å². The zero-order valence-corrected chi connectivity index (χ0v) is 10.9. The van der Waals surface area contributed by atoms with Crippen LogP contribution in [-0.2, 0) is 0 Å². The van der Waals surface area contributed by atoms with E-state index >= 15 is 0 Å². The van der Waals surface area contributed by atoms with E-state index in [0.717, 1.165) is 13.0 Å². The molecule has 0 amide bonds. The van der Waals surface area contributed by atoms with E-state index < -0.39 is 0 Å². The summed E-state index contributed by atoms with van der Waals surface area (Å²) >= 11 is 0. The lowest BCUT2D eigenvalue weighted by atomic mass is 9.97. The minimum absolute atomic E-state index is 0.196. The van der Waals surface area contributed by atoms with Crippen molar-refractivity contribution in [3.05, 3.63) is 59.7 Å². The molecule has 0 bridgehead atoms. The molecule has 2 heterocycles. The minimum Gasteiger partial charge on any atom is -0.306 e. The summed E-state index contributed by atoms with van der Waals surface area (Å²) in [5, 5.41) is 3.58. The molecule has 0 saturated heterocycles. The van der Waals surface area contributed by atoms with Gasteiger partial charge in [0, 0.05) is 24.8 Å². The van der Waals surface area contributed by atoms with Crippen molar-refractivity contribution in [2.24, 2.45) is 0 Å². The van der Waals surface area contributed by atoms with E-state index in [1.165, 1.54) is 16.7 Å². The Labute approximate surface area is 108 Å². The van der Waals surface area contributed by atoms with E-state index in [0.29, 0.717) is 0 Å².